The van der Waals surface area contributed by atoms with Gasteiger partial charge in [-0.3, -0.25) is 9.59 Å². The lowest BCUT2D eigenvalue weighted by Crippen LogP contribution is -2.22. The van der Waals surface area contributed by atoms with Gasteiger partial charge in [0.25, 0.3) is 5.91 Å². The number of ether oxygens (including phenoxy) is 1. The molecule has 0 saturated carbocycles. The minimum absolute atomic E-state index is 0.0335. The molecule has 4 nitrogen and oxygen atoms in total. The molecule has 0 heterocycles. The number of hydrogen-bond donors (Lipinski definition) is 1. The van der Waals surface area contributed by atoms with Crippen LogP contribution in [-0.2, 0) is 20.7 Å². The van der Waals surface area contributed by atoms with Gasteiger partial charge < -0.3 is 10.1 Å². The highest BCUT2D eigenvalue weighted by molar-refractivity contribution is 6.42. The van der Waals surface area contributed by atoms with E-state index in [1.165, 1.54) is 12.1 Å². The summed E-state index contributed by atoms with van der Waals surface area (Å²) in [5, 5.41) is 3.05. The summed E-state index contributed by atoms with van der Waals surface area (Å²) in [6.07, 6.45) is -0.0525. The second kappa shape index (κ2) is 8.13. The number of amides is 1. The molecule has 0 aliphatic rings. The molecular formula is C17H14Cl2FNO3. The Labute approximate surface area is 148 Å². The standard InChI is InChI=1S/C17H14Cl2FNO3/c1-10-2-5-15(14(20)6-10)21-16(22)9-24-17(23)8-11-3-4-12(18)13(19)7-11/h2-7H,8-9H2,1H3,(H,21,22). The third-order valence-corrected chi connectivity index (χ3v) is 3.83. The predicted molar refractivity (Wildman–Crippen MR) is 90.9 cm³/mol. The summed E-state index contributed by atoms with van der Waals surface area (Å²) >= 11 is 11.6. The lowest BCUT2D eigenvalue weighted by Gasteiger charge is -2.08. The molecule has 0 spiro atoms. The number of carbonyl (C=O) groups is 2. The maximum Gasteiger partial charge on any atom is 0.310 e. The van der Waals surface area contributed by atoms with Crippen LogP contribution in [0.1, 0.15) is 11.1 Å². The highest BCUT2D eigenvalue weighted by atomic mass is 35.5. The van der Waals surface area contributed by atoms with Crippen molar-refractivity contribution in [1.82, 2.24) is 0 Å². The largest absolute Gasteiger partial charge is 0.455 e. The number of rotatable bonds is 5. The van der Waals surface area contributed by atoms with Crippen LogP contribution in [0.2, 0.25) is 10.0 Å². The van der Waals surface area contributed by atoms with Crippen LogP contribution < -0.4 is 5.32 Å². The molecule has 1 amide bonds. The van der Waals surface area contributed by atoms with Crippen molar-refractivity contribution in [3.63, 3.8) is 0 Å². The van der Waals surface area contributed by atoms with Crippen molar-refractivity contribution in [2.75, 3.05) is 11.9 Å². The molecule has 24 heavy (non-hydrogen) atoms. The average Bonchev–Trinajstić information content (AvgIpc) is 2.52. The fourth-order valence-corrected chi connectivity index (χ4v) is 2.24. The van der Waals surface area contributed by atoms with Crippen LogP contribution in [-0.4, -0.2) is 18.5 Å². The first-order valence-electron chi connectivity index (χ1n) is 7.00. The number of esters is 1. The lowest BCUT2D eigenvalue weighted by atomic mass is 10.1. The van der Waals surface area contributed by atoms with Gasteiger partial charge in [-0.2, -0.15) is 0 Å². The molecule has 2 aromatic rings. The van der Waals surface area contributed by atoms with Gasteiger partial charge in [0.1, 0.15) is 5.82 Å². The van der Waals surface area contributed by atoms with Gasteiger partial charge in [-0.25, -0.2) is 4.39 Å². The Morgan fingerprint density at radius 3 is 2.54 bits per heavy atom. The second-order valence-corrected chi connectivity index (χ2v) is 5.93. The van der Waals surface area contributed by atoms with E-state index in [1.54, 1.807) is 31.2 Å². The Kier molecular flexibility index (Phi) is 6.17. The van der Waals surface area contributed by atoms with Crippen molar-refractivity contribution >= 4 is 40.8 Å². The first kappa shape index (κ1) is 18.2. The summed E-state index contributed by atoms with van der Waals surface area (Å²) in [5.74, 6) is -1.78. The van der Waals surface area contributed by atoms with E-state index in [2.05, 4.69) is 5.32 Å². The Balaban J connectivity index is 1.84. The van der Waals surface area contributed by atoms with E-state index >= 15 is 0 Å². The van der Waals surface area contributed by atoms with Crippen molar-refractivity contribution in [1.29, 1.82) is 0 Å². The third kappa shape index (κ3) is 5.22. The van der Waals surface area contributed by atoms with Gasteiger partial charge in [0.15, 0.2) is 6.61 Å². The van der Waals surface area contributed by atoms with Gasteiger partial charge in [-0.05, 0) is 42.3 Å². The maximum atomic E-state index is 13.6. The zero-order valence-corrected chi connectivity index (χ0v) is 14.2. The molecule has 0 aromatic heterocycles. The Morgan fingerprint density at radius 2 is 1.88 bits per heavy atom. The summed E-state index contributed by atoms with van der Waals surface area (Å²) in [6.45, 7) is 1.23. The van der Waals surface area contributed by atoms with Crippen molar-refractivity contribution in [3.8, 4) is 0 Å². The minimum atomic E-state index is -0.625. The molecule has 0 radical (unpaired) electrons. The molecule has 1 N–H and O–H groups in total. The number of anilines is 1. The van der Waals surface area contributed by atoms with E-state index in [0.717, 1.165) is 5.56 Å². The summed E-state index contributed by atoms with van der Waals surface area (Å²) in [6, 6.07) is 9.16. The molecule has 0 bridgehead atoms. The molecule has 0 saturated heterocycles. The highest BCUT2D eigenvalue weighted by Crippen LogP contribution is 2.22. The van der Waals surface area contributed by atoms with Crippen LogP contribution in [0.5, 0.6) is 0 Å². The molecular weight excluding hydrogens is 356 g/mol. The average molecular weight is 370 g/mol. The Bertz CT molecular complexity index is 780. The lowest BCUT2D eigenvalue weighted by molar-refractivity contribution is -0.146. The molecule has 0 aliphatic carbocycles. The second-order valence-electron chi connectivity index (χ2n) is 5.12. The molecule has 2 aromatic carbocycles. The zero-order valence-electron chi connectivity index (χ0n) is 12.7. The van der Waals surface area contributed by atoms with E-state index in [0.29, 0.717) is 15.6 Å². The normalized spacial score (nSPS) is 10.3. The summed E-state index contributed by atoms with van der Waals surface area (Å²) in [5.41, 5.74) is 1.38. The SMILES string of the molecule is Cc1ccc(NC(=O)COC(=O)Cc2ccc(Cl)c(Cl)c2)c(F)c1. The quantitative estimate of drug-likeness (QED) is 0.804. The number of benzene rings is 2. The van der Waals surface area contributed by atoms with E-state index in [1.807, 2.05) is 0 Å². The topological polar surface area (TPSA) is 55.4 Å². The predicted octanol–water partition coefficient (Wildman–Crippen LogP) is 4.17. The summed E-state index contributed by atoms with van der Waals surface area (Å²) in [4.78, 5) is 23.4. The first-order valence-corrected chi connectivity index (χ1v) is 7.76. The molecule has 0 atom stereocenters. The van der Waals surface area contributed by atoms with E-state index < -0.39 is 24.3 Å². The fourth-order valence-electron chi connectivity index (χ4n) is 1.92. The number of aryl methyl sites for hydroxylation is 1. The monoisotopic (exact) mass is 369 g/mol. The molecule has 0 aliphatic heterocycles. The summed E-state index contributed by atoms with van der Waals surface area (Å²) < 4.78 is 18.5. The van der Waals surface area contributed by atoms with Gasteiger partial charge in [0.2, 0.25) is 0 Å². The van der Waals surface area contributed by atoms with Crippen LogP contribution in [0.3, 0.4) is 0 Å². The van der Waals surface area contributed by atoms with Crippen molar-refractivity contribution in [2.45, 2.75) is 13.3 Å². The number of halogens is 3. The Morgan fingerprint density at radius 1 is 1.12 bits per heavy atom. The zero-order chi connectivity index (χ0) is 17.7. The van der Waals surface area contributed by atoms with Crippen LogP contribution in [0.4, 0.5) is 10.1 Å². The minimum Gasteiger partial charge on any atom is -0.455 e. The van der Waals surface area contributed by atoms with E-state index in [9.17, 15) is 14.0 Å². The smallest absolute Gasteiger partial charge is 0.310 e. The van der Waals surface area contributed by atoms with Crippen molar-refractivity contribution in [3.05, 3.63) is 63.4 Å². The van der Waals surface area contributed by atoms with Gasteiger partial charge in [0.05, 0.1) is 22.2 Å². The van der Waals surface area contributed by atoms with Crippen LogP contribution in [0, 0.1) is 12.7 Å². The van der Waals surface area contributed by atoms with E-state index in [-0.39, 0.29) is 12.1 Å². The number of nitrogens with one attached hydrogen (secondary N) is 1. The highest BCUT2D eigenvalue weighted by Gasteiger charge is 2.11. The van der Waals surface area contributed by atoms with Crippen LogP contribution in [0.25, 0.3) is 0 Å². The molecule has 7 heteroatoms. The molecule has 0 fully saturated rings. The third-order valence-electron chi connectivity index (χ3n) is 3.10. The van der Waals surface area contributed by atoms with Gasteiger partial charge >= 0.3 is 5.97 Å². The molecule has 2 rings (SSSR count). The van der Waals surface area contributed by atoms with Crippen LogP contribution >= 0.6 is 23.2 Å². The van der Waals surface area contributed by atoms with Gasteiger partial charge in [0, 0.05) is 0 Å². The number of carbonyl (C=O) groups excluding carboxylic acids is 2. The number of hydrogen-bond acceptors (Lipinski definition) is 3. The van der Waals surface area contributed by atoms with Crippen LogP contribution in [0.15, 0.2) is 36.4 Å². The maximum absolute atomic E-state index is 13.6. The van der Waals surface area contributed by atoms with Crippen molar-refractivity contribution < 1.29 is 18.7 Å². The fraction of sp³-hybridized carbons (Fsp3) is 0.176. The van der Waals surface area contributed by atoms with Gasteiger partial charge in [-0.15, -0.1) is 0 Å². The first-order chi connectivity index (χ1) is 11.3. The summed E-state index contributed by atoms with van der Waals surface area (Å²) in [7, 11) is 0. The van der Waals surface area contributed by atoms with Crippen molar-refractivity contribution in [2.24, 2.45) is 0 Å². The molecule has 126 valence electrons. The van der Waals surface area contributed by atoms with Gasteiger partial charge in [-0.1, -0.05) is 35.3 Å². The Hall–Kier alpha value is -2.11. The van der Waals surface area contributed by atoms with E-state index in [4.69, 9.17) is 27.9 Å². The molecule has 0 unspecified atom stereocenters.